The number of rotatable bonds is 4. The number of carboxylic acids is 1. The molecule has 0 spiro atoms. The standard InChI is InChI=1S/C9H7ClF2O3/c10-8-5(4-7(13)14)2-1-3-6(8)15-9(11)12/h1-3,9H,4H2,(H,13,14). The molecule has 0 aliphatic carbocycles. The normalized spacial score (nSPS) is 10.4. The van der Waals surface area contributed by atoms with E-state index in [1.165, 1.54) is 18.2 Å². The topological polar surface area (TPSA) is 46.5 Å². The van der Waals surface area contributed by atoms with Gasteiger partial charge in [-0.25, -0.2) is 0 Å². The molecule has 1 rings (SSSR count). The second kappa shape index (κ2) is 4.93. The minimum atomic E-state index is -2.98. The molecule has 0 aromatic heterocycles. The van der Waals surface area contributed by atoms with Crippen molar-refractivity contribution in [2.24, 2.45) is 0 Å². The first-order valence-electron chi connectivity index (χ1n) is 3.94. The lowest BCUT2D eigenvalue weighted by atomic mass is 10.1. The van der Waals surface area contributed by atoms with Gasteiger partial charge in [0.25, 0.3) is 0 Å². The summed E-state index contributed by atoms with van der Waals surface area (Å²) in [5.74, 6) is -1.31. The summed E-state index contributed by atoms with van der Waals surface area (Å²) in [5.41, 5.74) is 0.238. The van der Waals surface area contributed by atoms with Gasteiger partial charge < -0.3 is 9.84 Å². The van der Waals surface area contributed by atoms with Crippen LogP contribution in [0, 0.1) is 0 Å². The first-order valence-corrected chi connectivity index (χ1v) is 4.32. The molecular weight excluding hydrogens is 230 g/mol. The zero-order valence-corrected chi connectivity index (χ0v) is 8.17. The summed E-state index contributed by atoms with van der Waals surface area (Å²) in [6.07, 6.45) is -0.334. The molecule has 0 aliphatic heterocycles. The summed E-state index contributed by atoms with van der Waals surface area (Å²) in [6, 6.07) is 4.09. The smallest absolute Gasteiger partial charge is 0.387 e. The highest BCUT2D eigenvalue weighted by atomic mass is 35.5. The van der Waals surface area contributed by atoms with Crippen molar-refractivity contribution in [1.82, 2.24) is 0 Å². The monoisotopic (exact) mass is 236 g/mol. The third-order valence-electron chi connectivity index (χ3n) is 1.60. The highest BCUT2D eigenvalue weighted by Gasteiger charge is 2.13. The third-order valence-corrected chi connectivity index (χ3v) is 2.03. The zero-order valence-electron chi connectivity index (χ0n) is 7.41. The largest absolute Gasteiger partial charge is 0.481 e. The molecule has 0 amide bonds. The van der Waals surface area contributed by atoms with E-state index in [0.717, 1.165) is 0 Å². The summed E-state index contributed by atoms with van der Waals surface area (Å²) in [4.78, 5) is 10.4. The van der Waals surface area contributed by atoms with Gasteiger partial charge in [-0.15, -0.1) is 0 Å². The third kappa shape index (κ3) is 3.36. The van der Waals surface area contributed by atoms with E-state index < -0.39 is 12.6 Å². The fourth-order valence-corrected chi connectivity index (χ4v) is 1.28. The van der Waals surface area contributed by atoms with Crippen molar-refractivity contribution >= 4 is 17.6 Å². The molecule has 0 saturated heterocycles. The summed E-state index contributed by atoms with van der Waals surface area (Å²) >= 11 is 5.68. The lowest BCUT2D eigenvalue weighted by Gasteiger charge is -2.08. The number of carbonyl (C=O) groups is 1. The SMILES string of the molecule is O=C(O)Cc1cccc(OC(F)F)c1Cl. The van der Waals surface area contributed by atoms with Crippen LogP contribution in [0.15, 0.2) is 18.2 Å². The Hall–Kier alpha value is -1.36. The molecule has 82 valence electrons. The van der Waals surface area contributed by atoms with Gasteiger partial charge in [0.15, 0.2) is 0 Å². The Kier molecular flexibility index (Phi) is 3.85. The maximum atomic E-state index is 11.9. The van der Waals surface area contributed by atoms with Crippen LogP contribution in [0.25, 0.3) is 0 Å². The summed E-state index contributed by atoms with van der Waals surface area (Å²) < 4.78 is 27.9. The Labute approximate surface area is 89.2 Å². The molecule has 0 unspecified atom stereocenters. The fourth-order valence-electron chi connectivity index (χ4n) is 1.04. The van der Waals surface area contributed by atoms with Crippen LogP contribution in [-0.2, 0) is 11.2 Å². The van der Waals surface area contributed by atoms with E-state index in [4.69, 9.17) is 16.7 Å². The highest BCUT2D eigenvalue weighted by Crippen LogP contribution is 2.29. The maximum absolute atomic E-state index is 11.9. The molecule has 0 heterocycles. The molecule has 0 saturated carbocycles. The molecule has 15 heavy (non-hydrogen) atoms. The van der Waals surface area contributed by atoms with E-state index in [9.17, 15) is 13.6 Å². The molecule has 1 N–H and O–H groups in total. The van der Waals surface area contributed by atoms with Crippen LogP contribution < -0.4 is 4.74 Å². The van der Waals surface area contributed by atoms with Crippen molar-refractivity contribution in [3.8, 4) is 5.75 Å². The number of hydrogen-bond donors (Lipinski definition) is 1. The Morgan fingerprint density at radius 1 is 1.53 bits per heavy atom. The summed E-state index contributed by atoms with van der Waals surface area (Å²) in [6.45, 7) is -2.98. The summed E-state index contributed by atoms with van der Waals surface area (Å²) in [5, 5.41) is 8.42. The Bertz CT molecular complexity index is 368. The number of hydrogen-bond acceptors (Lipinski definition) is 2. The fraction of sp³-hybridized carbons (Fsp3) is 0.222. The average Bonchev–Trinajstić information content (AvgIpc) is 2.10. The maximum Gasteiger partial charge on any atom is 0.387 e. The molecule has 1 aromatic carbocycles. The van der Waals surface area contributed by atoms with Gasteiger partial charge in [-0.05, 0) is 11.6 Å². The quantitative estimate of drug-likeness (QED) is 0.874. The van der Waals surface area contributed by atoms with Crippen molar-refractivity contribution in [1.29, 1.82) is 0 Å². The Morgan fingerprint density at radius 2 is 2.20 bits per heavy atom. The van der Waals surface area contributed by atoms with Gasteiger partial charge >= 0.3 is 12.6 Å². The van der Waals surface area contributed by atoms with Crippen LogP contribution in [0.2, 0.25) is 5.02 Å². The number of benzene rings is 1. The van der Waals surface area contributed by atoms with Crippen molar-refractivity contribution in [3.63, 3.8) is 0 Å². The Balaban J connectivity index is 2.95. The zero-order chi connectivity index (χ0) is 11.4. The van der Waals surface area contributed by atoms with Gasteiger partial charge in [-0.2, -0.15) is 8.78 Å². The van der Waals surface area contributed by atoms with Gasteiger partial charge in [-0.1, -0.05) is 23.7 Å². The molecule has 0 radical (unpaired) electrons. The number of alkyl halides is 2. The predicted molar refractivity (Wildman–Crippen MR) is 49.4 cm³/mol. The van der Waals surface area contributed by atoms with Gasteiger partial charge in [0.05, 0.1) is 11.4 Å². The van der Waals surface area contributed by atoms with Gasteiger partial charge in [-0.3, -0.25) is 4.79 Å². The van der Waals surface area contributed by atoms with Crippen LogP contribution >= 0.6 is 11.6 Å². The summed E-state index contributed by atoms with van der Waals surface area (Å²) in [7, 11) is 0. The second-order valence-electron chi connectivity index (χ2n) is 2.68. The molecular formula is C9H7ClF2O3. The number of aliphatic carboxylic acids is 1. The van der Waals surface area contributed by atoms with Crippen LogP contribution in [-0.4, -0.2) is 17.7 Å². The average molecular weight is 237 g/mol. The molecule has 0 aliphatic rings. The number of carboxylic acid groups (broad SMARTS) is 1. The Morgan fingerprint density at radius 3 is 2.73 bits per heavy atom. The molecule has 0 atom stereocenters. The van der Waals surface area contributed by atoms with Crippen molar-refractivity contribution in [2.75, 3.05) is 0 Å². The van der Waals surface area contributed by atoms with Crippen LogP contribution in [0.4, 0.5) is 8.78 Å². The van der Waals surface area contributed by atoms with Crippen LogP contribution in [0.1, 0.15) is 5.56 Å². The van der Waals surface area contributed by atoms with Crippen LogP contribution in [0.3, 0.4) is 0 Å². The minimum Gasteiger partial charge on any atom is -0.481 e. The first-order chi connectivity index (χ1) is 7.00. The number of halogens is 3. The van der Waals surface area contributed by atoms with Crippen molar-refractivity contribution < 1.29 is 23.4 Å². The van der Waals surface area contributed by atoms with E-state index >= 15 is 0 Å². The molecule has 0 bridgehead atoms. The lowest BCUT2D eigenvalue weighted by Crippen LogP contribution is -2.05. The van der Waals surface area contributed by atoms with Crippen molar-refractivity contribution in [2.45, 2.75) is 13.0 Å². The van der Waals surface area contributed by atoms with E-state index in [0.29, 0.717) is 0 Å². The minimum absolute atomic E-state index is 0.0970. The highest BCUT2D eigenvalue weighted by molar-refractivity contribution is 6.33. The van der Waals surface area contributed by atoms with Crippen LogP contribution in [0.5, 0.6) is 5.75 Å². The molecule has 1 aromatic rings. The molecule has 6 heteroatoms. The van der Waals surface area contributed by atoms with Crippen molar-refractivity contribution in [3.05, 3.63) is 28.8 Å². The van der Waals surface area contributed by atoms with E-state index in [-0.39, 0.29) is 22.8 Å². The second-order valence-corrected chi connectivity index (χ2v) is 3.06. The molecule has 3 nitrogen and oxygen atoms in total. The van der Waals surface area contributed by atoms with Gasteiger partial charge in [0.1, 0.15) is 5.75 Å². The molecule has 0 fully saturated rings. The predicted octanol–water partition coefficient (Wildman–Crippen LogP) is 2.57. The van der Waals surface area contributed by atoms with Gasteiger partial charge in [0, 0.05) is 0 Å². The van der Waals surface area contributed by atoms with E-state index in [1.54, 1.807) is 0 Å². The first kappa shape index (κ1) is 11.7. The number of ether oxygens (including phenoxy) is 1. The van der Waals surface area contributed by atoms with E-state index in [2.05, 4.69) is 4.74 Å². The van der Waals surface area contributed by atoms with Gasteiger partial charge in [0.2, 0.25) is 0 Å². The lowest BCUT2D eigenvalue weighted by molar-refractivity contribution is -0.136. The van der Waals surface area contributed by atoms with E-state index in [1.807, 2.05) is 0 Å².